The molecule has 0 aromatic heterocycles. The van der Waals surface area contributed by atoms with Crippen molar-refractivity contribution in [3.05, 3.63) is 10.1 Å². The van der Waals surface area contributed by atoms with Gasteiger partial charge in [-0.15, -0.1) is 0 Å². The van der Waals surface area contributed by atoms with Gasteiger partial charge in [0.2, 0.25) is 0 Å². The molecule has 0 unspecified atom stereocenters. The first-order valence-corrected chi connectivity index (χ1v) is 3.57. The van der Waals surface area contributed by atoms with E-state index in [2.05, 4.69) is 22.4 Å². The van der Waals surface area contributed by atoms with Crippen LogP contribution < -0.4 is 0 Å². The van der Waals surface area contributed by atoms with E-state index in [9.17, 15) is 10.1 Å². The molecule has 0 rings (SSSR count). The number of thiocarbonyl (C=S) groups is 1. The summed E-state index contributed by atoms with van der Waals surface area (Å²) in [5, 5.41) is 11.6. The van der Waals surface area contributed by atoms with Crippen LogP contribution in [0.15, 0.2) is 4.99 Å². The van der Waals surface area contributed by atoms with Crippen molar-refractivity contribution in [1.82, 2.24) is 0 Å². The van der Waals surface area contributed by atoms with Crippen molar-refractivity contribution in [2.45, 2.75) is 3.92 Å². The van der Waals surface area contributed by atoms with E-state index in [1.54, 1.807) is 7.05 Å². The van der Waals surface area contributed by atoms with Gasteiger partial charge < -0.3 is 0 Å². The molecular weight excluding hydrogens is 234 g/mol. The van der Waals surface area contributed by atoms with E-state index < -0.39 is 8.84 Å². The zero-order chi connectivity index (χ0) is 9.49. The summed E-state index contributed by atoms with van der Waals surface area (Å²) in [7, 11) is 1.59. The summed E-state index contributed by atoms with van der Waals surface area (Å²) in [6.45, 7) is 0. The SMILES string of the molecule is CN=C=S.O=[N+]([O-])C(Cl)(Cl)Cl. The zero-order valence-corrected chi connectivity index (χ0v) is 8.34. The molecular formula is C3H3Cl3N2O2S. The van der Waals surface area contributed by atoms with Gasteiger partial charge in [-0.05, 0) is 47.0 Å². The van der Waals surface area contributed by atoms with Crippen LogP contribution in [-0.2, 0) is 0 Å². The summed E-state index contributed by atoms with van der Waals surface area (Å²) in [6, 6.07) is 0. The molecule has 0 aliphatic heterocycles. The van der Waals surface area contributed by atoms with Crippen LogP contribution in [0, 0.1) is 10.1 Å². The van der Waals surface area contributed by atoms with Crippen molar-refractivity contribution in [2.24, 2.45) is 4.99 Å². The molecule has 0 spiro atoms. The van der Waals surface area contributed by atoms with Crippen LogP contribution in [0.1, 0.15) is 0 Å². The second-order valence-corrected chi connectivity index (χ2v) is 3.44. The largest absolute Gasteiger partial charge is 0.449 e. The summed E-state index contributed by atoms with van der Waals surface area (Å²) >= 11 is 18.2. The number of nitrogens with zero attached hydrogens (tertiary/aromatic N) is 2. The predicted octanol–water partition coefficient (Wildman–Crippen LogP) is 2.31. The van der Waals surface area contributed by atoms with Crippen molar-refractivity contribution in [2.75, 3.05) is 7.05 Å². The van der Waals surface area contributed by atoms with Gasteiger partial charge in [0.25, 0.3) is 0 Å². The number of rotatable bonds is 0. The standard InChI is InChI=1S/C2H3NS.CCl3NO2/c1-3-2-4;2-1(3,4)5(6)7/h1H3;. The van der Waals surface area contributed by atoms with Crippen LogP contribution in [0.3, 0.4) is 0 Å². The van der Waals surface area contributed by atoms with E-state index in [0.29, 0.717) is 0 Å². The first-order valence-electron chi connectivity index (χ1n) is 2.03. The Morgan fingerprint density at radius 2 is 1.82 bits per heavy atom. The van der Waals surface area contributed by atoms with Gasteiger partial charge in [-0.1, -0.05) is 0 Å². The Morgan fingerprint density at radius 3 is 1.82 bits per heavy atom. The average Bonchev–Trinajstić information content (AvgIpc) is 1.87. The number of isothiocyanates is 1. The third kappa shape index (κ3) is 13.1. The van der Waals surface area contributed by atoms with E-state index in [0.717, 1.165) is 0 Å². The van der Waals surface area contributed by atoms with Crippen molar-refractivity contribution >= 4 is 52.2 Å². The molecule has 0 aliphatic rings. The second-order valence-electron chi connectivity index (χ2n) is 1.04. The Labute approximate surface area is 83.3 Å². The van der Waals surface area contributed by atoms with Crippen LogP contribution in [0.4, 0.5) is 0 Å². The Kier molecular flexibility index (Phi) is 8.39. The Hall–Kier alpha value is 0.0700. The van der Waals surface area contributed by atoms with E-state index in [1.165, 1.54) is 0 Å². The average molecular weight is 237 g/mol. The van der Waals surface area contributed by atoms with Crippen molar-refractivity contribution in [3.8, 4) is 0 Å². The molecule has 0 aromatic rings. The van der Waals surface area contributed by atoms with Crippen LogP contribution in [-0.4, -0.2) is 21.0 Å². The number of alkyl halides is 3. The number of halogens is 3. The molecule has 0 aromatic carbocycles. The van der Waals surface area contributed by atoms with Crippen LogP contribution in [0.5, 0.6) is 0 Å². The van der Waals surface area contributed by atoms with Gasteiger partial charge in [0.15, 0.2) is 0 Å². The van der Waals surface area contributed by atoms with Crippen LogP contribution >= 0.6 is 47.0 Å². The van der Waals surface area contributed by atoms with Gasteiger partial charge in [-0.2, -0.15) is 0 Å². The van der Waals surface area contributed by atoms with Gasteiger partial charge in [-0.3, -0.25) is 10.1 Å². The predicted molar refractivity (Wildman–Crippen MR) is 48.2 cm³/mol. The molecule has 0 aliphatic carbocycles. The van der Waals surface area contributed by atoms with E-state index in [4.69, 9.17) is 34.8 Å². The Balaban J connectivity index is 0. The molecule has 0 atom stereocenters. The number of hydrogen-bond acceptors (Lipinski definition) is 4. The highest BCUT2D eigenvalue weighted by atomic mass is 35.6. The molecule has 64 valence electrons. The lowest BCUT2D eigenvalue weighted by atomic mass is 11.4. The maximum atomic E-state index is 9.43. The number of nitro groups is 1. The van der Waals surface area contributed by atoms with Gasteiger partial charge in [0, 0.05) is 7.05 Å². The summed E-state index contributed by atoms with van der Waals surface area (Å²) in [6.07, 6.45) is 0. The summed E-state index contributed by atoms with van der Waals surface area (Å²) in [5.41, 5.74) is 0. The molecule has 0 heterocycles. The lowest BCUT2D eigenvalue weighted by Gasteiger charge is -1.96. The first kappa shape index (κ1) is 13.6. The smallest absolute Gasteiger partial charge is 0.260 e. The van der Waals surface area contributed by atoms with Crippen molar-refractivity contribution < 1.29 is 4.92 Å². The normalized spacial score (nSPS) is 8.73. The van der Waals surface area contributed by atoms with Gasteiger partial charge in [-0.25, -0.2) is 4.99 Å². The van der Waals surface area contributed by atoms with Crippen LogP contribution in [0.25, 0.3) is 0 Å². The van der Waals surface area contributed by atoms with Gasteiger partial charge in [0.1, 0.15) is 0 Å². The van der Waals surface area contributed by atoms with E-state index >= 15 is 0 Å². The molecule has 0 bridgehead atoms. The summed E-state index contributed by atoms with van der Waals surface area (Å²) < 4.78 is -2.36. The van der Waals surface area contributed by atoms with Crippen molar-refractivity contribution in [1.29, 1.82) is 0 Å². The fourth-order valence-corrected chi connectivity index (χ4v) is 0. The number of aliphatic imine (C=N–C) groups is 1. The molecule has 11 heavy (non-hydrogen) atoms. The molecule has 0 N–H and O–H groups in total. The fourth-order valence-electron chi connectivity index (χ4n) is 0. The molecule has 0 amide bonds. The summed E-state index contributed by atoms with van der Waals surface area (Å²) in [4.78, 5) is 11.7. The molecule has 0 saturated heterocycles. The highest BCUT2D eigenvalue weighted by molar-refractivity contribution is 7.78. The summed E-state index contributed by atoms with van der Waals surface area (Å²) in [5.74, 6) is 0. The third-order valence-electron chi connectivity index (χ3n) is 0.298. The van der Waals surface area contributed by atoms with Crippen LogP contribution in [0.2, 0.25) is 0 Å². The van der Waals surface area contributed by atoms with Crippen molar-refractivity contribution in [3.63, 3.8) is 0 Å². The lowest BCUT2D eigenvalue weighted by Crippen LogP contribution is -2.15. The molecule has 0 radical (unpaired) electrons. The minimum absolute atomic E-state index is 1.02. The number of hydrogen-bond donors (Lipinski definition) is 0. The molecule has 4 nitrogen and oxygen atoms in total. The van der Waals surface area contributed by atoms with E-state index in [1.807, 2.05) is 0 Å². The fraction of sp³-hybridized carbons (Fsp3) is 0.667. The Morgan fingerprint density at radius 1 is 1.64 bits per heavy atom. The first-order chi connectivity index (χ1) is 4.86. The van der Waals surface area contributed by atoms with Gasteiger partial charge in [0.05, 0.1) is 10.1 Å². The van der Waals surface area contributed by atoms with Gasteiger partial charge >= 0.3 is 3.92 Å². The van der Waals surface area contributed by atoms with E-state index in [-0.39, 0.29) is 0 Å². The monoisotopic (exact) mass is 236 g/mol. The lowest BCUT2D eigenvalue weighted by molar-refractivity contribution is -0.491. The third-order valence-corrected chi connectivity index (χ3v) is 0.895. The molecule has 0 fully saturated rings. The maximum absolute atomic E-state index is 9.43. The molecule has 8 heteroatoms. The zero-order valence-electron chi connectivity index (χ0n) is 5.25. The second kappa shape index (κ2) is 6.76. The highest BCUT2D eigenvalue weighted by Crippen LogP contribution is 2.25. The Bertz CT molecular complexity index is 174. The highest BCUT2D eigenvalue weighted by Gasteiger charge is 2.33. The molecule has 0 saturated carbocycles. The maximum Gasteiger partial charge on any atom is 0.449 e. The minimum atomic E-state index is -2.36. The topological polar surface area (TPSA) is 55.5 Å². The quantitative estimate of drug-likeness (QED) is 0.162. The minimum Gasteiger partial charge on any atom is -0.260 e.